The third kappa shape index (κ3) is 8.67. The molecule has 74 valence electrons. The highest BCUT2D eigenvalue weighted by Gasteiger charge is 2.02. The van der Waals surface area contributed by atoms with E-state index in [-0.39, 0.29) is 0 Å². The van der Waals surface area contributed by atoms with Crippen LogP contribution in [0.2, 0.25) is 0 Å². The van der Waals surface area contributed by atoms with Crippen molar-refractivity contribution < 1.29 is 0 Å². The number of rotatable bonds is 8. The summed E-state index contributed by atoms with van der Waals surface area (Å²) in [5.74, 6) is 0.794. The van der Waals surface area contributed by atoms with Gasteiger partial charge in [-0.15, -0.1) is 23.2 Å². The number of hydrogen-bond donors (Lipinski definition) is 0. The van der Waals surface area contributed by atoms with Crippen LogP contribution < -0.4 is 0 Å². The van der Waals surface area contributed by atoms with Crippen LogP contribution >= 0.6 is 23.2 Å². The van der Waals surface area contributed by atoms with E-state index in [0.29, 0.717) is 5.38 Å². The zero-order chi connectivity index (χ0) is 9.23. The average molecular weight is 211 g/mol. The first-order chi connectivity index (χ1) is 5.81. The van der Waals surface area contributed by atoms with Gasteiger partial charge in [0.05, 0.1) is 0 Å². The van der Waals surface area contributed by atoms with Crippen LogP contribution in [-0.2, 0) is 0 Å². The minimum Gasteiger partial charge on any atom is -0.127 e. The van der Waals surface area contributed by atoms with Crippen LogP contribution in [0.5, 0.6) is 0 Å². The summed E-state index contributed by atoms with van der Waals surface area (Å²) in [6.45, 7) is 2.21. The summed E-state index contributed by atoms with van der Waals surface area (Å²) < 4.78 is 0. The van der Waals surface area contributed by atoms with E-state index in [9.17, 15) is 0 Å². The molecule has 0 aromatic carbocycles. The molecule has 0 aliphatic rings. The quantitative estimate of drug-likeness (QED) is 0.407. The minimum atomic E-state index is 0.403. The first-order valence-electron chi connectivity index (χ1n) is 5.01. The fourth-order valence-corrected chi connectivity index (χ4v) is 1.70. The van der Waals surface area contributed by atoms with Gasteiger partial charge in [-0.1, -0.05) is 32.6 Å². The first kappa shape index (κ1) is 12.6. The number of halogens is 2. The summed E-state index contributed by atoms with van der Waals surface area (Å²) in [6, 6.07) is 0. The van der Waals surface area contributed by atoms with E-state index in [4.69, 9.17) is 23.2 Å². The number of alkyl halides is 2. The maximum Gasteiger partial charge on any atom is 0.0336 e. The van der Waals surface area contributed by atoms with E-state index >= 15 is 0 Å². The zero-order valence-electron chi connectivity index (χ0n) is 7.99. The lowest BCUT2D eigenvalue weighted by molar-refractivity contribution is 0.592. The summed E-state index contributed by atoms with van der Waals surface area (Å²) in [5, 5.41) is 0.403. The average Bonchev–Trinajstić information content (AvgIpc) is 2.09. The van der Waals surface area contributed by atoms with Crippen LogP contribution in [-0.4, -0.2) is 11.3 Å². The highest BCUT2D eigenvalue weighted by molar-refractivity contribution is 6.20. The third-order valence-corrected chi connectivity index (χ3v) is 2.73. The molecule has 0 nitrogen and oxygen atoms in total. The van der Waals surface area contributed by atoms with Crippen molar-refractivity contribution in [2.75, 3.05) is 5.88 Å². The molecule has 0 heterocycles. The van der Waals surface area contributed by atoms with Gasteiger partial charge >= 0.3 is 0 Å². The van der Waals surface area contributed by atoms with E-state index in [2.05, 4.69) is 6.92 Å². The standard InChI is InChI=1S/C10H20Cl2/c1-2-3-7-10(12)8-5-4-6-9-11/h10H,2-9H2,1H3. The summed E-state index contributed by atoms with van der Waals surface area (Å²) >= 11 is 11.7. The minimum absolute atomic E-state index is 0.403. The fourth-order valence-electron chi connectivity index (χ4n) is 1.21. The lowest BCUT2D eigenvalue weighted by Crippen LogP contribution is -1.97. The molecule has 0 bridgehead atoms. The molecular formula is C10H20Cl2. The normalized spacial score (nSPS) is 13.2. The summed E-state index contributed by atoms with van der Waals surface area (Å²) in [6.07, 6.45) is 8.48. The van der Waals surface area contributed by atoms with Gasteiger partial charge in [-0.05, 0) is 19.3 Å². The summed E-state index contributed by atoms with van der Waals surface area (Å²) in [7, 11) is 0. The lowest BCUT2D eigenvalue weighted by atomic mass is 10.1. The van der Waals surface area contributed by atoms with Crippen LogP contribution in [0.15, 0.2) is 0 Å². The van der Waals surface area contributed by atoms with Gasteiger partial charge in [-0.25, -0.2) is 0 Å². The number of unbranched alkanes of at least 4 members (excludes halogenated alkanes) is 3. The van der Waals surface area contributed by atoms with Crippen molar-refractivity contribution in [1.29, 1.82) is 0 Å². The van der Waals surface area contributed by atoms with E-state index in [1.165, 1.54) is 38.5 Å². The molecule has 0 spiro atoms. The van der Waals surface area contributed by atoms with Gasteiger partial charge in [-0.2, -0.15) is 0 Å². The maximum atomic E-state index is 6.11. The molecule has 0 amide bonds. The maximum absolute atomic E-state index is 6.11. The van der Waals surface area contributed by atoms with E-state index in [1.807, 2.05) is 0 Å². The Morgan fingerprint density at radius 1 is 1.00 bits per heavy atom. The molecule has 0 saturated carbocycles. The van der Waals surface area contributed by atoms with Crippen LogP contribution in [0.1, 0.15) is 51.9 Å². The second-order valence-corrected chi connectivity index (χ2v) is 4.27. The predicted octanol–water partition coefficient (Wildman–Crippen LogP) is 4.58. The topological polar surface area (TPSA) is 0 Å². The molecule has 0 rings (SSSR count). The highest BCUT2D eigenvalue weighted by atomic mass is 35.5. The molecule has 0 aromatic heterocycles. The molecule has 1 atom stereocenters. The summed E-state index contributed by atoms with van der Waals surface area (Å²) in [4.78, 5) is 0. The molecule has 0 fully saturated rings. The van der Waals surface area contributed by atoms with Gasteiger partial charge in [-0.3, -0.25) is 0 Å². The molecule has 0 N–H and O–H groups in total. The molecule has 2 heteroatoms. The first-order valence-corrected chi connectivity index (χ1v) is 5.98. The molecule has 0 aliphatic heterocycles. The van der Waals surface area contributed by atoms with Gasteiger partial charge in [0.1, 0.15) is 0 Å². The SMILES string of the molecule is CCCCC(Cl)CCCCCCl. The molecule has 0 aromatic rings. The molecule has 12 heavy (non-hydrogen) atoms. The van der Waals surface area contributed by atoms with Crippen LogP contribution in [0, 0.1) is 0 Å². The van der Waals surface area contributed by atoms with E-state index in [0.717, 1.165) is 12.3 Å². The van der Waals surface area contributed by atoms with Gasteiger partial charge in [0, 0.05) is 11.3 Å². The van der Waals surface area contributed by atoms with Crippen molar-refractivity contribution in [1.82, 2.24) is 0 Å². The second-order valence-electron chi connectivity index (χ2n) is 3.28. The fraction of sp³-hybridized carbons (Fsp3) is 1.00. The zero-order valence-corrected chi connectivity index (χ0v) is 9.50. The van der Waals surface area contributed by atoms with Crippen molar-refractivity contribution in [2.24, 2.45) is 0 Å². The van der Waals surface area contributed by atoms with Crippen molar-refractivity contribution in [3.05, 3.63) is 0 Å². The van der Waals surface area contributed by atoms with Crippen molar-refractivity contribution >= 4 is 23.2 Å². The van der Waals surface area contributed by atoms with Gasteiger partial charge in [0.15, 0.2) is 0 Å². The van der Waals surface area contributed by atoms with E-state index in [1.54, 1.807) is 0 Å². The molecule has 0 aliphatic carbocycles. The van der Waals surface area contributed by atoms with Crippen molar-refractivity contribution in [3.63, 3.8) is 0 Å². The smallest absolute Gasteiger partial charge is 0.0336 e. The second kappa shape index (κ2) is 9.67. The summed E-state index contributed by atoms with van der Waals surface area (Å²) in [5.41, 5.74) is 0. The molecular weight excluding hydrogens is 191 g/mol. The Morgan fingerprint density at radius 2 is 1.67 bits per heavy atom. The van der Waals surface area contributed by atoms with Gasteiger partial charge < -0.3 is 0 Å². The Kier molecular flexibility index (Phi) is 10.1. The van der Waals surface area contributed by atoms with E-state index < -0.39 is 0 Å². The predicted molar refractivity (Wildman–Crippen MR) is 58.4 cm³/mol. The largest absolute Gasteiger partial charge is 0.127 e. The van der Waals surface area contributed by atoms with Crippen molar-refractivity contribution in [2.45, 2.75) is 57.2 Å². The molecule has 1 unspecified atom stereocenters. The number of hydrogen-bond acceptors (Lipinski definition) is 0. The Hall–Kier alpha value is 0.580. The lowest BCUT2D eigenvalue weighted by Gasteiger charge is -2.07. The monoisotopic (exact) mass is 210 g/mol. The Morgan fingerprint density at radius 3 is 2.25 bits per heavy atom. The third-order valence-electron chi connectivity index (χ3n) is 2.02. The molecule has 0 radical (unpaired) electrons. The Labute approximate surface area is 86.6 Å². The van der Waals surface area contributed by atoms with Crippen LogP contribution in [0.3, 0.4) is 0 Å². The molecule has 0 saturated heterocycles. The van der Waals surface area contributed by atoms with Crippen molar-refractivity contribution in [3.8, 4) is 0 Å². The van der Waals surface area contributed by atoms with Gasteiger partial charge in [0.2, 0.25) is 0 Å². The Bertz CT molecular complexity index is 83.9. The van der Waals surface area contributed by atoms with Gasteiger partial charge in [0.25, 0.3) is 0 Å². The van der Waals surface area contributed by atoms with Crippen LogP contribution in [0.25, 0.3) is 0 Å². The highest BCUT2D eigenvalue weighted by Crippen LogP contribution is 2.15. The Balaban J connectivity index is 3.02. The van der Waals surface area contributed by atoms with Crippen LogP contribution in [0.4, 0.5) is 0 Å².